The van der Waals surface area contributed by atoms with E-state index in [0.717, 1.165) is 12.1 Å². The first-order valence-electron chi connectivity index (χ1n) is 7.97. The van der Waals surface area contributed by atoms with E-state index in [-0.39, 0.29) is 34.8 Å². The second kappa shape index (κ2) is 7.34. The third-order valence-corrected chi connectivity index (χ3v) is 6.42. The fourth-order valence-electron chi connectivity index (χ4n) is 2.80. The normalized spacial score (nSPS) is 16.6. The second-order valence-corrected chi connectivity index (χ2v) is 8.41. The van der Waals surface area contributed by atoms with E-state index in [0.29, 0.717) is 24.4 Å². The molecule has 0 aliphatic carbocycles. The predicted molar refractivity (Wildman–Crippen MR) is 92.8 cm³/mol. The van der Waals surface area contributed by atoms with Crippen LogP contribution >= 0.6 is 11.6 Å². The van der Waals surface area contributed by atoms with Gasteiger partial charge in [-0.1, -0.05) is 16.8 Å². The number of halogens is 2. The molecule has 1 aliphatic rings. The highest BCUT2D eigenvalue weighted by Gasteiger charge is 2.32. The van der Waals surface area contributed by atoms with E-state index in [1.807, 2.05) is 0 Å². The minimum atomic E-state index is -3.78. The van der Waals surface area contributed by atoms with Crippen molar-refractivity contribution in [2.24, 2.45) is 5.92 Å². The quantitative estimate of drug-likeness (QED) is 0.850. The van der Waals surface area contributed by atoms with Crippen molar-refractivity contribution >= 4 is 33.3 Å². The van der Waals surface area contributed by atoms with E-state index >= 15 is 0 Å². The molecule has 1 saturated heterocycles. The molecular weight excluding hydrogens is 385 g/mol. The maximum absolute atomic E-state index is 13.3. The molecule has 3 rings (SSSR count). The molecule has 0 radical (unpaired) electrons. The highest BCUT2D eigenvalue weighted by molar-refractivity contribution is 7.89. The van der Waals surface area contributed by atoms with Gasteiger partial charge in [-0.05, 0) is 38.0 Å². The van der Waals surface area contributed by atoms with E-state index in [1.54, 1.807) is 13.0 Å². The van der Waals surface area contributed by atoms with Gasteiger partial charge < -0.3 is 9.84 Å². The van der Waals surface area contributed by atoms with Gasteiger partial charge in [0, 0.05) is 25.1 Å². The topological polar surface area (TPSA) is 92.5 Å². The van der Waals surface area contributed by atoms with Gasteiger partial charge in [0.1, 0.15) is 11.6 Å². The van der Waals surface area contributed by atoms with Crippen molar-refractivity contribution in [1.29, 1.82) is 0 Å². The van der Waals surface area contributed by atoms with Gasteiger partial charge in [-0.25, -0.2) is 12.8 Å². The molecule has 7 nitrogen and oxygen atoms in total. The number of amides is 1. The molecule has 1 aromatic carbocycles. The Balaban J connectivity index is 1.63. The van der Waals surface area contributed by atoms with Crippen LogP contribution in [0.4, 0.5) is 10.2 Å². The molecule has 1 amide bonds. The zero-order chi connectivity index (χ0) is 18.9. The third-order valence-electron chi connectivity index (χ3n) is 4.23. The van der Waals surface area contributed by atoms with Gasteiger partial charge in [0.15, 0.2) is 5.82 Å². The van der Waals surface area contributed by atoms with Gasteiger partial charge in [-0.3, -0.25) is 4.79 Å². The van der Waals surface area contributed by atoms with Crippen LogP contribution in [0.2, 0.25) is 5.02 Å². The standard InChI is InChI=1S/C16H17ClFN3O4S/c1-10-8-15(20-25-10)19-16(22)11-4-6-21(7-5-11)26(23,24)12-2-3-14(18)13(17)9-12/h2-3,8-9,11H,4-7H2,1H3,(H,19,20,22). The molecule has 0 atom stereocenters. The molecule has 1 aliphatic heterocycles. The molecule has 0 unspecified atom stereocenters. The molecule has 140 valence electrons. The Hall–Kier alpha value is -1.97. The monoisotopic (exact) mass is 401 g/mol. The summed E-state index contributed by atoms with van der Waals surface area (Å²) >= 11 is 5.68. The minimum absolute atomic E-state index is 0.0649. The maximum atomic E-state index is 13.3. The van der Waals surface area contributed by atoms with Crippen molar-refractivity contribution in [3.05, 3.63) is 40.9 Å². The Morgan fingerprint density at radius 3 is 2.62 bits per heavy atom. The molecule has 1 aromatic heterocycles. The minimum Gasteiger partial charge on any atom is -0.360 e. The zero-order valence-corrected chi connectivity index (χ0v) is 15.5. The number of carbonyl (C=O) groups excluding carboxylic acids is 1. The van der Waals surface area contributed by atoms with E-state index < -0.39 is 15.8 Å². The van der Waals surface area contributed by atoms with Crippen LogP contribution in [0.5, 0.6) is 0 Å². The second-order valence-electron chi connectivity index (χ2n) is 6.07. The molecule has 0 spiro atoms. The van der Waals surface area contributed by atoms with Crippen LogP contribution in [-0.2, 0) is 14.8 Å². The van der Waals surface area contributed by atoms with E-state index in [2.05, 4.69) is 10.5 Å². The largest absolute Gasteiger partial charge is 0.360 e. The lowest BCUT2D eigenvalue weighted by Gasteiger charge is -2.30. The van der Waals surface area contributed by atoms with Crippen LogP contribution in [0.15, 0.2) is 33.7 Å². The SMILES string of the molecule is Cc1cc(NC(=O)C2CCN(S(=O)(=O)c3ccc(F)c(Cl)c3)CC2)no1. The van der Waals surface area contributed by atoms with Crippen LogP contribution in [0.1, 0.15) is 18.6 Å². The molecule has 2 aromatic rings. The number of anilines is 1. The number of aryl methyl sites for hydroxylation is 1. The van der Waals surface area contributed by atoms with Crippen molar-refractivity contribution in [3.63, 3.8) is 0 Å². The van der Waals surface area contributed by atoms with E-state index in [1.165, 1.54) is 10.4 Å². The smallest absolute Gasteiger partial charge is 0.243 e. The fraction of sp³-hybridized carbons (Fsp3) is 0.375. The number of sulfonamides is 1. The van der Waals surface area contributed by atoms with Crippen molar-refractivity contribution in [2.45, 2.75) is 24.7 Å². The van der Waals surface area contributed by atoms with Gasteiger partial charge in [0.05, 0.1) is 9.92 Å². The molecule has 0 bridgehead atoms. The number of hydrogen-bond acceptors (Lipinski definition) is 5. The first kappa shape index (κ1) is 18.8. The summed E-state index contributed by atoms with van der Waals surface area (Å²) in [5.41, 5.74) is 0. The Morgan fingerprint density at radius 2 is 2.04 bits per heavy atom. The first-order chi connectivity index (χ1) is 12.3. The Labute approximate surface area is 155 Å². The van der Waals surface area contributed by atoms with Crippen LogP contribution < -0.4 is 5.32 Å². The van der Waals surface area contributed by atoms with Crippen molar-refractivity contribution in [2.75, 3.05) is 18.4 Å². The Kier molecular flexibility index (Phi) is 5.31. The highest BCUT2D eigenvalue weighted by Crippen LogP contribution is 2.27. The Bertz CT molecular complexity index is 923. The maximum Gasteiger partial charge on any atom is 0.243 e. The number of benzene rings is 1. The summed E-state index contributed by atoms with van der Waals surface area (Å²) in [6.45, 7) is 2.09. The molecular formula is C16H17ClFN3O4S. The Morgan fingerprint density at radius 1 is 1.35 bits per heavy atom. The molecule has 10 heteroatoms. The van der Waals surface area contributed by atoms with Gasteiger partial charge in [-0.15, -0.1) is 0 Å². The molecule has 2 heterocycles. The number of hydrogen-bond donors (Lipinski definition) is 1. The molecule has 1 fully saturated rings. The number of aromatic nitrogens is 1. The summed E-state index contributed by atoms with van der Waals surface area (Å²) in [4.78, 5) is 12.2. The van der Waals surface area contributed by atoms with Crippen LogP contribution in [0.3, 0.4) is 0 Å². The number of rotatable bonds is 4. The number of nitrogens with one attached hydrogen (secondary N) is 1. The lowest BCUT2D eigenvalue weighted by molar-refractivity contribution is -0.120. The number of nitrogens with zero attached hydrogens (tertiary/aromatic N) is 2. The summed E-state index contributed by atoms with van der Waals surface area (Å²) < 4.78 is 44.7. The summed E-state index contributed by atoms with van der Waals surface area (Å²) in [6.07, 6.45) is 0.744. The number of piperidine rings is 1. The summed E-state index contributed by atoms with van der Waals surface area (Å²) in [6, 6.07) is 4.91. The number of carbonyl (C=O) groups is 1. The lowest BCUT2D eigenvalue weighted by atomic mass is 9.97. The van der Waals surface area contributed by atoms with E-state index in [9.17, 15) is 17.6 Å². The fourth-order valence-corrected chi connectivity index (χ4v) is 4.54. The van der Waals surface area contributed by atoms with Crippen molar-refractivity contribution in [3.8, 4) is 0 Å². The van der Waals surface area contributed by atoms with Crippen molar-refractivity contribution < 1.29 is 22.1 Å². The highest BCUT2D eigenvalue weighted by atomic mass is 35.5. The summed E-state index contributed by atoms with van der Waals surface area (Å²) in [5, 5.41) is 6.12. The van der Waals surface area contributed by atoms with Gasteiger partial charge in [-0.2, -0.15) is 4.31 Å². The van der Waals surface area contributed by atoms with Gasteiger partial charge in [0.25, 0.3) is 0 Å². The van der Waals surface area contributed by atoms with Gasteiger partial charge >= 0.3 is 0 Å². The summed E-state index contributed by atoms with van der Waals surface area (Å²) in [5.74, 6) is -0.304. The van der Waals surface area contributed by atoms with Gasteiger partial charge in [0.2, 0.25) is 15.9 Å². The molecule has 26 heavy (non-hydrogen) atoms. The summed E-state index contributed by atoms with van der Waals surface area (Å²) in [7, 11) is -3.78. The van der Waals surface area contributed by atoms with Crippen molar-refractivity contribution in [1.82, 2.24) is 9.46 Å². The lowest BCUT2D eigenvalue weighted by Crippen LogP contribution is -2.41. The average molecular weight is 402 g/mol. The van der Waals surface area contributed by atoms with E-state index in [4.69, 9.17) is 16.1 Å². The van der Waals surface area contributed by atoms with Crippen LogP contribution in [0.25, 0.3) is 0 Å². The first-order valence-corrected chi connectivity index (χ1v) is 9.78. The van der Waals surface area contributed by atoms with Crippen LogP contribution in [0, 0.1) is 18.7 Å². The molecule has 1 N–H and O–H groups in total. The third kappa shape index (κ3) is 3.89. The average Bonchev–Trinajstić information content (AvgIpc) is 3.02. The van der Waals surface area contributed by atoms with Crippen LogP contribution in [-0.4, -0.2) is 36.9 Å². The zero-order valence-electron chi connectivity index (χ0n) is 13.9. The molecule has 0 saturated carbocycles. The predicted octanol–water partition coefficient (Wildman–Crippen LogP) is 2.81.